The molecule has 9 nitrogen and oxygen atoms in total. The van der Waals surface area contributed by atoms with Gasteiger partial charge in [0.1, 0.15) is 11.4 Å². The van der Waals surface area contributed by atoms with Crippen LogP contribution in [0.25, 0.3) is 0 Å². The number of carbonyl (C=O) groups is 2. The number of ether oxygens (including phenoxy) is 2. The first kappa shape index (κ1) is 27.6. The minimum atomic E-state index is -0.504. The Morgan fingerprint density at radius 3 is 2.43 bits per heavy atom. The summed E-state index contributed by atoms with van der Waals surface area (Å²) in [6.07, 6.45) is 5.06. The van der Waals surface area contributed by atoms with Crippen molar-refractivity contribution in [2.75, 3.05) is 18.5 Å². The van der Waals surface area contributed by atoms with E-state index in [9.17, 15) is 14.4 Å². The van der Waals surface area contributed by atoms with E-state index in [1.54, 1.807) is 20.8 Å². The lowest BCUT2D eigenvalue weighted by Crippen LogP contribution is -2.33. The molecule has 0 radical (unpaired) electrons. The fraction of sp³-hybridized carbons (Fsp3) is 0.714. The van der Waals surface area contributed by atoms with Gasteiger partial charge in [0.2, 0.25) is 5.91 Å². The van der Waals surface area contributed by atoms with E-state index in [-0.39, 0.29) is 5.91 Å². The summed E-state index contributed by atoms with van der Waals surface area (Å²) < 4.78 is 10.3. The SMILES string of the molecule is CC(C)(C)OC(=O)NCCCCCC(=O)Nc1ccnc(=O)[nH]1.CCO[C@H](C)CC. The van der Waals surface area contributed by atoms with Crippen molar-refractivity contribution in [3.63, 3.8) is 0 Å². The van der Waals surface area contributed by atoms with Gasteiger partial charge in [-0.2, -0.15) is 0 Å². The second-order valence-electron chi connectivity index (χ2n) is 7.75. The molecule has 0 spiro atoms. The van der Waals surface area contributed by atoms with Gasteiger partial charge >= 0.3 is 11.8 Å². The van der Waals surface area contributed by atoms with Crippen LogP contribution in [0.15, 0.2) is 17.1 Å². The topological polar surface area (TPSA) is 122 Å². The second kappa shape index (κ2) is 15.4. The van der Waals surface area contributed by atoms with Gasteiger partial charge in [0.25, 0.3) is 0 Å². The van der Waals surface area contributed by atoms with Crippen molar-refractivity contribution in [2.24, 2.45) is 0 Å². The number of alkyl carbamates (subject to hydrolysis) is 1. The van der Waals surface area contributed by atoms with Gasteiger partial charge in [0, 0.05) is 25.8 Å². The number of hydrogen-bond acceptors (Lipinski definition) is 6. The highest BCUT2D eigenvalue weighted by atomic mass is 16.6. The molecule has 2 amide bonds. The van der Waals surface area contributed by atoms with Crippen molar-refractivity contribution in [3.8, 4) is 0 Å². The number of H-pyrrole nitrogens is 1. The molecule has 1 rings (SSSR count). The number of rotatable bonds is 10. The average Bonchev–Trinajstić information content (AvgIpc) is 2.63. The minimum Gasteiger partial charge on any atom is -0.444 e. The molecular weight excluding hydrogens is 388 g/mol. The molecule has 1 aromatic heterocycles. The first-order valence-electron chi connectivity index (χ1n) is 10.5. The summed E-state index contributed by atoms with van der Waals surface area (Å²) in [6.45, 7) is 13.0. The number of nitrogens with zero attached hydrogens (tertiary/aromatic N) is 1. The molecule has 0 saturated heterocycles. The summed E-state index contributed by atoms with van der Waals surface area (Å²) in [5.41, 5.74) is -1.01. The number of nitrogens with one attached hydrogen (secondary N) is 3. The summed E-state index contributed by atoms with van der Waals surface area (Å²) in [5, 5.41) is 5.26. The van der Waals surface area contributed by atoms with Gasteiger partial charge in [-0.1, -0.05) is 13.3 Å². The van der Waals surface area contributed by atoms with E-state index in [2.05, 4.69) is 34.4 Å². The van der Waals surface area contributed by atoms with Crippen molar-refractivity contribution in [2.45, 2.75) is 85.4 Å². The number of unbranched alkanes of at least 4 members (excludes halogenated alkanes) is 2. The molecule has 172 valence electrons. The van der Waals surface area contributed by atoms with Crippen LogP contribution in [-0.2, 0) is 14.3 Å². The van der Waals surface area contributed by atoms with Gasteiger partial charge in [-0.3, -0.25) is 9.78 Å². The van der Waals surface area contributed by atoms with Gasteiger partial charge in [-0.15, -0.1) is 0 Å². The highest BCUT2D eigenvalue weighted by Crippen LogP contribution is 2.07. The molecule has 0 aliphatic carbocycles. The molecule has 0 fully saturated rings. The van der Waals surface area contributed by atoms with E-state index in [4.69, 9.17) is 9.47 Å². The van der Waals surface area contributed by atoms with Crippen molar-refractivity contribution >= 4 is 17.8 Å². The van der Waals surface area contributed by atoms with Crippen LogP contribution in [0.5, 0.6) is 0 Å². The minimum absolute atomic E-state index is 0.174. The standard InChI is InChI=1S/C15H24N4O4.C6H14O/c1-15(2,3)23-14(22)17-9-6-4-5-7-12(20)18-11-8-10-16-13(21)19-11;1-4-6(3)7-5-2/h8,10H,4-7,9H2,1-3H3,(H,17,22)(H2,16,18,19,20,21);6H,4-5H2,1-3H3/t;6-/m.1/s1. The monoisotopic (exact) mass is 426 g/mol. The smallest absolute Gasteiger partial charge is 0.407 e. The lowest BCUT2D eigenvalue weighted by atomic mass is 10.2. The summed E-state index contributed by atoms with van der Waals surface area (Å²) in [7, 11) is 0. The molecule has 0 aliphatic heterocycles. The molecule has 1 atom stereocenters. The van der Waals surface area contributed by atoms with Crippen molar-refractivity contribution in [3.05, 3.63) is 22.7 Å². The zero-order valence-electron chi connectivity index (χ0n) is 19.2. The number of aromatic nitrogens is 2. The third-order valence-corrected chi connectivity index (χ3v) is 3.72. The van der Waals surface area contributed by atoms with Crippen LogP contribution in [0.3, 0.4) is 0 Å². The number of aromatic amines is 1. The maximum Gasteiger partial charge on any atom is 0.407 e. The Bertz CT molecular complexity index is 670. The lowest BCUT2D eigenvalue weighted by molar-refractivity contribution is -0.116. The van der Waals surface area contributed by atoms with Gasteiger partial charge in [-0.25, -0.2) is 14.6 Å². The van der Waals surface area contributed by atoms with Crippen LogP contribution in [0.4, 0.5) is 10.6 Å². The highest BCUT2D eigenvalue weighted by Gasteiger charge is 2.15. The Kier molecular flexibility index (Phi) is 14.2. The Hall–Kier alpha value is -2.42. The second-order valence-corrected chi connectivity index (χ2v) is 7.75. The maximum atomic E-state index is 11.7. The van der Waals surface area contributed by atoms with E-state index in [1.807, 2.05) is 6.92 Å². The fourth-order valence-electron chi connectivity index (χ4n) is 2.15. The maximum absolute atomic E-state index is 11.7. The summed E-state index contributed by atoms with van der Waals surface area (Å²) in [4.78, 5) is 40.0. The van der Waals surface area contributed by atoms with E-state index in [0.717, 1.165) is 25.9 Å². The van der Waals surface area contributed by atoms with E-state index < -0.39 is 17.4 Å². The van der Waals surface area contributed by atoms with E-state index in [1.165, 1.54) is 12.3 Å². The van der Waals surface area contributed by atoms with Gasteiger partial charge in [0.15, 0.2) is 0 Å². The van der Waals surface area contributed by atoms with Crippen LogP contribution in [0.2, 0.25) is 0 Å². The molecule has 0 saturated carbocycles. The Morgan fingerprint density at radius 2 is 1.90 bits per heavy atom. The van der Waals surface area contributed by atoms with Gasteiger partial charge < -0.3 is 20.1 Å². The normalized spacial score (nSPS) is 11.7. The highest BCUT2D eigenvalue weighted by molar-refractivity contribution is 5.89. The predicted molar refractivity (Wildman–Crippen MR) is 118 cm³/mol. The number of anilines is 1. The summed E-state index contributed by atoms with van der Waals surface area (Å²) in [6, 6.07) is 1.52. The molecule has 1 aromatic rings. The zero-order chi connectivity index (χ0) is 23.0. The van der Waals surface area contributed by atoms with Crippen LogP contribution in [0, 0.1) is 0 Å². The Morgan fingerprint density at radius 1 is 1.20 bits per heavy atom. The Balaban J connectivity index is 0.00000103. The van der Waals surface area contributed by atoms with Crippen LogP contribution in [-0.4, -0.2) is 46.8 Å². The fourth-order valence-corrected chi connectivity index (χ4v) is 2.15. The summed E-state index contributed by atoms with van der Waals surface area (Å²) in [5.74, 6) is 0.161. The van der Waals surface area contributed by atoms with Crippen LogP contribution < -0.4 is 16.3 Å². The van der Waals surface area contributed by atoms with E-state index in [0.29, 0.717) is 31.3 Å². The molecule has 9 heteroatoms. The number of hydrogen-bond donors (Lipinski definition) is 3. The number of amides is 2. The van der Waals surface area contributed by atoms with Crippen molar-refractivity contribution < 1.29 is 19.1 Å². The summed E-state index contributed by atoms with van der Waals surface area (Å²) >= 11 is 0. The number of carbonyl (C=O) groups excluding carboxylic acids is 2. The van der Waals surface area contributed by atoms with Crippen molar-refractivity contribution in [1.29, 1.82) is 0 Å². The van der Waals surface area contributed by atoms with Crippen molar-refractivity contribution in [1.82, 2.24) is 15.3 Å². The first-order valence-corrected chi connectivity index (χ1v) is 10.5. The lowest BCUT2D eigenvalue weighted by Gasteiger charge is -2.19. The average molecular weight is 427 g/mol. The molecule has 0 aromatic carbocycles. The largest absolute Gasteiger partial charge is 0.444 e. The third kappa shape index (κ3) is 16.5. The molecule has 3 N–H and O–H groups in total. The van der Waals surface area contributed by atoms with Crippen LogP contribution >= 0.6 is 0 Å². The molecule has 0 bridgehead atoms. The quantitative estimate of drug-likeness (QED) is 0.491. The zero-order valence-corrected chi connectivity index (χ0v) is 19.2. The third-order valence-electron chi connectivity index (χ3n) is 3.72. The molecule has 30 heavy (non-hydrogen) atoms. The van der Waals surface area contributed by atoms with Gasteiger partial charge in [0.05, 0.1) is 6.10 Å². The Labute approximate surface area is 179 Å². The molecular formula is C21H38N4O5. The first-order chi connectivity index (χ1) is 14.1. The van der Waals surface area contributed by atoms with Gasteiger partial charge in [-0.05, 0) is 59.9 Å². The van der Waals surface area contributed by atoms with E-state index >= 15 is 0 Å². The predicted octanol–water partition coefficient (Wildman–Crippen LogP) is 3.61. The molecule has 0 unspecified atom stereocenters. The van der Waals surface area contributed by atoms with Crippen LogP contribution in [0.1, 0.15) is 73.6 Å². The molecule has 0 aliphatic rings. The molecule has 1 heterocycles.